The molecule has 2 aromatic rings. The topological polar surface area (TPSA) is 51.5 Å². The Bertz CT molecular complexity index is 628. The average Bonchev–Trinajstić information content (AvgIpc) is 2.79. The lowest BCUT2D eigenvalue weighted by Gasteiger charge is -2.10. The zero-order chi connectivity index (χ0) is 15.9. The van der Waals surface area contributed by atoms with Crippen LogP contribution >= 0.6 is 11.3 Å². The molecule has 0 saturated carbocycles. The van der Waals surface area contributed by atoms with Gasteiger partial charge >= 0.3 is 4.87 Å². The molecule has 0 atom stereocenters. The lowest BCUT2D eigenvalue weighted by molar-refractivity contribution is 0.242. The second-order valence-corrected chi connectivity index (χ2v) is 6.45. The Balaban J connectivity index is 1.69. The molecule has 1 N–H and O–H groups in total. The maximum atomic E-state index is 11.4. The summed E-state index contributed by atoms with van der Waals surface area (Å²) in [4.78, 5) is 11.4. The van der Waals surface area contributed by atoms with Crippen molar-refractivity contribution in [3.63, 3.8) is 0 Å². The predicted octanol–water partition coefficient (Wildman–Crippen LogP) is 3.82. The first-order chi connectivity index (χ1) is 10.6. The molecule has 22 heavy (non-hydrogen) atoms. The van der Waals surface area contributed by atoms with Crippen molar-refractivity contribution >= 4 is 11.3 Å². The van der Waals surface area contributed by atoms with Gasteiger partial charge in [-0.3, -0.25) is 9.36 Å². The first-order valence-corrected chi connectivity index (χ1v) is 8.57. The fraction of sp³-hybridized carbons (Fsp3) is 0.471. The number of ether oxygens (including phenoxy) is 1. The Kier molecular flexibility index (Phi) is 6.07. The molecule has 120 valence electrons. The van der Waals surface area contributed by atoms with Gasteiger partial charge in [0.25, 0.3) is 0 Å². The number of benzene rings is 1. The van der Waals surface area contributed by atoms with Crippen molar-refractivity contribution < 1.29 is 9.84 Å². The zero-order valence-corrected chi connectivity index (χ0v) is 13.9. The molecule has 0 saturated heterocycles. The minimum absolute atomic E-state index is 0.0794. The van der Waals surface area contributed by atoms with Crippen LogP contribution in [0.1, 0.15) is 38.7 Å². The van der Waals surface area contributed by atoms with E-state index in [0.29, 0.717) is 6.54 Å². The Hall–Kier alpha value is -1.75. The second-order valence-electron chi connectivity index (χ2n) is 5.63. The van der Waals surface area contributed by atoms with Gasteiger partial charge in [-0.05, 0) is 50.8 Å². The van der Waals surface area contributed by atoms with Crippen LogP contribution in [-0.2, 0) is 13.0 Å². The van der Waals surface area contributed by atoms with Gasteiger partial charge in [0, 0.05) is 6.54 Å². The Morgan fingerprint density at radius 1 is 1.18 bits per heavy atom. The van der Waals surface area contributed by atoms with E-state index in [1.165, 1.54) is 15.5 Å². The van der Waals surface area contributed by atoms with Crippen LogP contribution in [0.25, 0.3) is 0 Å². The van der Waals surface area contributed by atoms with Crippen LogP contribution in [0.4, 0.5) is 0 Å². The summed E-state index contributed by atoms with van der Waals surface area (Å²) < 4.78 is 7.05. The number of aromatic hydroxyl groups is 1. The molecular formula is C17H23NO3S. The van der Waals surface area contributed by atoms with Gasteiger partial charge in [0.15, 0.2) is 0 Å². The van der Waals surface area contributed by atoms with Gasteiger partial charge in [-0.1, -0.05) is 29.9 Å². The van der Waals surface area contributed by atoms with Crippen molar-refractivity contribution in [2.75, 3.05) is 0 Å². The maximum Gasteiger partial charge on any atom is 0.309 e. The largest absolute Gasteiger partial charge is 0.494 e. The molecule has 1 aromatic carbocycles. The van der Waals surface area contributed by atoms with Crippen LogP contribution < -0.4 is 9.61 Å². The normalized spacial score (nSPS) is 11.0. The number of hydrogen-bond acceptors (Lipinski definition) is 4. The summed E-state index contributed by atoms with van der Waals surface area (Å²) in [5, 5.41) is 11.0. The van der Waals surface area contributed by atoms with E-state index in [1.54, 1.807) is 0 Å². The van der Waals surface area contributed by atoms with Gasteiger partial charge in [0.05, 0.1) is 11.5 Å². The predicted molar refractivity (Wildman–Crippen MR) is 90.0 cm³/mol. The molecule has 0 spiro atoms. The average molecular weight is 321 g/mol. The van der Waals surface area contributed by atoms with Crippen LogP contribution in [0.15, 0.2) is 34.4 Å². The fourth-order valence-electron chi connectivity index (χ4n) is 2.31. The molecule has 1 aromatic heterocycles. The zero-order valence-electron chi connectivity index (χ0n) is 13.1. The van der Waals surface area contributed by atoms with Crippen LogP contribution in [0.2, 0.25) is 0 Å². The SMILES string of the molecule is CC(C)Oc1ccc(CCCCCn2c(O)csc2=O)cc1. The van der Waals surface area contributed by atoms with Crippen LogP contribution in [-0.4, -0.2) is 15.8 Å². The summed E-state index contributed by atoms with van der Waals surface area (Å²) in [7, 11) is 0. The minimum Gasteiger partial charge on any atom is -0.494 e. The summed E-state index contributed by atoms with van der Waals surface area (Å²) in [6, 6.07) is 8.23. The number of thiazole rings is 1. The summed E-state index contributed by atoms with van der Waals surface area (Å²) in [6.45, 7) is 4.63. The Labute approximate surface area is 135 Å². The number of aryl methyl sites for hydroxylation is 1. The van der Waals surface area contributed by atoms with Crippen molar-refractivity contribution in [3.8, 4) is 11.6 Å². The van der Waals surface area contributed by atoms with Gasteiger partial charge in [0.2, 0.25) is 5.88 Å². The van der Waals surface area contributed by atoms with E-state index in [4.69, 9.17) is 4.74 Å². The highest BCUT2D eigenvalue weighted by molar-refractivity contribution is 7.07. The molecular weight excluding hydrogens is 298 g/mol. The quantitative estimate of drug-likeness (QED) is 0.752. The van der Waals surface area contributed by atoms with E-state index >= 15 is 0 Å². The highest BCUT2D eigenvalue weighted by Crippen LogP contribution is 2.16. The lowest BCUT2D eigenvalue weighted by Crippen LogP contribution is -2.12. The van der Waals surface area contributed by atoms with Gasteiger partial charge in [-0.25, -0.2) is 0 Å². The molecule has 0 bridgehead atoms. The van der Waals surface area contributed by atoms with E-state index in [-0.39, 0.29) is 16.9 Å². The molecule has 0 aliphatic carbocycles. The lowest BCUT2D eigenvalue weighted by atomic mass is 10.1. The highest BCUT2D eigenvalue weighted by atomic mass is 32.1. The van der Waals surface area contributed by atoms with Crippen molar-refractivity contribution in [1.29, 1.82) is 0 Å². The molecule has 5 heteroatoms. The minimum atomic E-state index is -0.0850. The van der Waals surface area contributed by atoms with E-state index in [9.17, 15) is 9.90 Å². The van der Waals surface area contributed by atoms with Crippen molar-refractivity contribution in [2.45, 2.75) is 52.2 Å². The molecule has 0 amide bonds. The number of hydrogen-bond donors (Lipinski definition) is 1. The summed E-state index contributed by atoms with van der Waals surface area (Å²) in [5.41, 5.74) is 1.30. The molecule has 0 aliphatic rings. The number of aromatic nitrogens is 1. The van der Waals surface area contributed by atoms with Crippen molar-refractivity contribution in [1.82, 2.24) is 4.57 Å². The molecule has 1 heterocycles. The van der Waals surface area contributed by atoms with E-state index in [0.717, 1.165) is 42.8 Å². The fourth-order valence-corrected chi connectivity index (χ4v) is 2.96. The van der Waals surface area contributed by atoms with Gasteiger partial charge in [-0.2, -0.15) is 0 Å². The third kappa shape index (κ3) is 4.91. The number of rotatable bonds is 8. The highest BCUT2D eigenvalue weighted by Gasteiger charge is 2.04. The molecule has 0 unspecified atom stereocenters. The summed E-state index contributed by atoms with van der Waals surface area (Å²) >= 11 is 1.04. The first-order valence-electron chi connectivity index (χ1n) is 7.69. The van der Waals surface area contributed by atoms with E-state index in [1.807, 2.05) is 26.0 Å². The van der Waals surface area contributed by atoms with Gasteiger partial charge < -0.3 is 9.84 Å². The van der Waals surface area contributed by atoms with Crippen LogP contribution in [0.5, 0.6) is 11.6 Å². The maximum absolute atomic E-state index is 11.4. The number of unbranched alkanes of at least 4 members (excludes halogenated alkanes) is 2. The second kappa shape index (κ2) is 8.03. The van der Waals surface area contributed by atoms with Gasteiger partial charge in [-0.15, -0.1) is 0 Å². The van der Waals surface area contributed by atoms with Crippen LogP contribution in [0, 0.1) is 0 Å². The third-order valence-electron chi connectivity index (χ3n) is 3.40. The molecule has 0 radical (unpaired) electrons. The van der Waals surface area contributed by atoms with E-state index in [2.05, 4.69) is 12.1 Å². The summed E-state index contributed by atoms with van der Waals surface area (Å²) in [5.74, 6) is 0.988. The molecule has 0 fully saturated rings. The standard InChI is InChI=1S/C17H23NO3S/c1-13(2)21-15-9-7-14(8-10-15)6-4-3-5-11-18-16(19)12-22-17(18)20/h7-10,12-13,19H,3-6,11H2,1-2H3. The van der Waals surface area contributed by atoms with Crippen molar-refractivity contribution in [3.05, 3.63) is 44.9 Å². The Morgan fingerprint density at radius 3 is 2.50 bits per heavy atom. The molecule has 2 rings (SSSR count). The smallest absolute Gasteiger partial charge is 0.309 e. The van der Waals surface area contributed by atoms with Gasteiger partial charge in [0.1, 0.15) is 5.75 Å². The first kappa shape index (κ1) is 16.6. The van der Waals surface area contributed by atoms with E-state index < -0.39 is 0 Å². The molecule has 4 nitrogen and oxygen atoms in total. The Morgan fingerprint density at radius 2 is 1.91 bits per heavy atom. The molecule has 0 aliphatic heterocycles. The monoisotopic (exact) mass is 321 g/mol. The van der Waals surface area contributed by atoms with Crippen LogP contribution in [0.3, 0.4) is 0 Å². The summed E-state index contributed by atoms with van der Waals surface area (Å²) in [6.07, 6.45) is 4.23. The number of nitrogens with zero attached hydrogens (tertiary/aromatic N) is 1. The van der Waals surface area contributed by atoms with Crippen molar-refractivity contribution in [2.24, 2.45) is 0 Å². The third-order valence-corrected chi connectivity index (χ3v) is 4.16.